The standard InChI is InChI=1S/C17H12ClFN2/c18-17-15(10-12-6-2-1-3-7-12)21-16(11-20-17)13-8-4-5-9-14(13)19/h1-9,11H,10H2. The van der Waals surface area contributed by atoms with Crippen LogP contribution in [0.1, 0.15) is 11.3 Å². The van der Waals surface area contributed by atoms with Crippen molar-refractivity contribution in [3.05, 3.63) is 83.0 Å². The van der Waals surface area contributed by atoms with Crippen molar-refractivity contribution >= 4 is 11.6 Å². The molecule has 2 nitrogen and oxygen atoms in total. The lowest BCUT2D eigenvalue weighted by Gasteiger charge is -2.07. The highest BCUT2D eigenvalue weighted by Crippen LogP contribution is 2.23. The van der Waals surface area contributed by atoms with Crippen molar-refractivity contribution in [2.75, 3.05) is 0 Å². The van der Waals surface area contributed by atoms with Gasteiger partial charge in [0.1, 0.15) is 5.82 Å². The maximum absolute atomic E-state index is 13.8. The van der Waals surface area contributed by atoms with Crippen LogP contribution in [0.4, 0.5) is 4.39 Å². The molecule has 0 amide bonds. The molecule has 0 unspecified atom stereocenters. The van der Waals surface area contributed by atoms with Crippen LogP contribution in [0.15, 0.2) is 60.8 Å². The number of hydrogen-bond donors (Lipinski definition) is 0. The SMILES string of the molecule is Fc1ccccc1-c1cnc(Cl)c(Cc2ccccc2)n1. The average Bonchev–Trinajstić information content (AvgIpc) is 2.51. The fourth-order valence-corrected chi connectivity index (χ4v) is 2.27. The second-order valence-electron chi connectivity index (χ2n) is 4.63. The van der Waals surface area contributed by atoms with Gasteiger partial charge in [-0.05, 0) is 17.7 Å². The van der Waals surface area contributed by atoms with E-state index in [0.717, 1.165) is 5.56 Å². The highest BCUT2D eigenvalue weighted by atomic mass is 35.5. The molecule has 0 bridgehead atoms. The Morgan fingerprint density at radius 2 is 1.67 bits per heavy atom. The van der Waals surface area contributed by atoms with Gasteiger partial charge in [0.2, 0.25) is 0 Å². The number of nitrogens with zero attached hydrogens (tertiary/aromatic N) is 2. The van der Waals surface area contributed by atoms with Gasteiger partial charge in [-0.3, -0.25) is 0 Å². The molecule has 3 aromatic rings. The number of aromatic nitrogens is 2. The monoisotopic (exact) mass is 298 g/mol. The molecule has 0 spiro atoms. The van der Waals surface area contributed by atoms with Gasteiger partial charge >= 0.3 is 0 Å². The third kappa shape index (κ3) is 3.09. The lowest BCUT2D eigenvalue weighted by molar-refractivity contribution is 0.630. The van der Waals surface area contributed by atoms with E-state index in [1.165, 1.54) is 12.3 Å². The van der Waals surface area contributed by atoms with Gasteiger partial charge in [0.05, 0.1) is 17.6 Å². The molecule has 0 saturated carbocycles. The number of halogens is 2. The summed E-state index contributed by atoms with van der Waals surface area (Å²) in [6.45, 7) is 0. The van der Waals surface area contributed by atoms with Crippen molar-refractivity contribution in [1.82, 2.24) is 9.97 Å². The third-order valence-corrected chi connectivity index (χ3v) is 3.47. The smallest absolute Gasteiger partial charge is 0.150 e. The molecule has 21 heavy (non-hydrogen) atoms. The van der Waals surface area contributed by atoms with Gasteiger partial charge in [-0.1, -0.05) is 54.1 Å². The quantitative estimate of drug-likeness (QED) is 0.710. The zero-order chi connectivity index (χ0) is 14.7. The first-order valence-electron chi connectivity index (χ1n) is 6.54. The van der Waals surface area contributed by atoms with Gasteiger partial charge in [-0.15, -0.1) is 0 Å². The Kier molecular flexibility index (Phi) is 3.93. The Morgan fingerprint density at radius 3 is 2.43 bits per heavy atom. The van der Waals surface area contributed by atoms with Crippen molar-refractivity contribution in [3.8, 4) is 11.3 Å². The molecular formula is C17H12ClFN2. The molecule has 0 aliphatic rings. The number of hydrogen-bond acceptors (Lipinski definition) is 2. The molecule has 2 aromatic carbocycles. The van der Waals surface area contributed by atoms with E-state index in [0.29, 0.717) is 28.5 Å². The van der Waals surface area contributed by atoms with Crippen LogP contribution in [-0.4, -0.2) is 9.97 Å². The average molecular weight is 299 g/mol. The molecule has 0 radical (unpaired) electrons. The predicted octanol–water partition coefficient (Wildman–Crippen LogP) is 4.53. The lowest BCUT2D eigenvalue weighted by Crippen LogP contribution is -1.99. The summed E-state index contributed by atoms with van der Waals surface area (Å²) >= 11 is 6.11. The fraction of sp³-hybridized carbons (Fsp3) is 0.0588. The van der Waals surface area contributed by atoms with Gasteiger partial charge in [0.15, 0.2) is 5.15 Å². The van der Waals surface area contributed by atoms with Crippen molar-refractivity contribution in [1.29, 1.82) is 0 Å². The molecule has 0 aliphatic heterocycles. The van der Waals surface area contributed by atoms with E-state index in [4.69, 9.17) is 11.6 Å². The highest BCUT2D eigenvalue weighted by Gasteiger charge is 2.10. The first kappa shape index (κ1) is 13.7. The van der Waals surface area contributed by atoms with E-state index in [1.54, 1.807) is 18.2 Å². The minimum absolute atomic E-state index is 0.320. The van der Waals surface area contributed by atoms with Gasteiger partial charge in [-0.2, -0.15) is 0 Å². The van der Waals surface area contributed by atoms with Crippen molar-refractivity contribution < 1.29 is 4.39 Å². The van der Waals surface area contributed by atoms with E-state index in [2.05, 4.69) is 9.97 Å². The third-order valence-electron chi connectivity index (χ3n) is 3.16. The molecule has 4 heteroatoms. The Morgan fingerprint density at radius 1 is 0.952 bits per heavy atom. The molecule has 0 atom stereocenters. The van der Waals surface area contributed by atoms with Gasteiger partial charge in [0.25, 0.3) is 0 Å². The molecule has 1 aromatic heterocycles. The van der Waals surface area contributed by atoms with Crippen molar-refractivity contribution in [3.63, 3.8) is 0 Å². The summed E-state index contributed by atoms with van der Waals surface area (Å²) in [5.74, 6) is -0.320. The first-order valence-corrected chi connectivity index (χ1v) is 6.92. The zero-order valence-electron chi connectivity index (χ0n) is 11.1. The summed E-state index contributed by atoms with van der Waals surface area (Å²) in [7, 11) is 0. The van der Waals surface area contributed by atoms with Crippen LogP contribution in [0.5, 0.6) is 0 Å². The highest BCUT2D eigenvalue weighted by molar-refractivity contribution is 6.30. The van der Waals surface area contributed by atoms with Crippen LogP contribution in [0.2, 0.25) is 5.15 Å². The molecule has 0 fully saturated rings. The molecule has 3 rings (SSSR count). The Labute approximate surface area is 127 Å². The number of benzene rings is 2. The summed E-state index contributed by atoms with van der Waals surface area (Å²) in [4.78, 5) is 8.59. The summed E-state index contributed by atoms with van der Waals surface area (Å²) in [6, 6.07) is 16.4. The number of rotatable bonds is 3. The van der Waals surface area contributed by atoms with Gasteiger partial charge < -0.3 is 0 Å². The summed E-state index contributed by atoms with van der Waals surface area (Å²) in [6.07, 6.45) is 2.06. The minimum atomic E-state index is -0.320. The Hall–Kier alpha value is -2.26. The normalized spacial score (nSPS) is 10.6. The van der Waals surface area contributed by atoms with Crippen LogP contribution in [0.3, 0.4) is 0 Å². The molecule has 104 valence electrons. The van der Waals surface area contributed by atoms with Crippen LogP contribution in [-0.2, 0) is 6.42 Å². The molecule has 0 N–H and O–H groups in total. The summed E-state index contributed by atoms with van der Waals surface area (Å²) < 4.78 is 13.8. The second-order valence-corrected chi connectivity index (χ2v) is 4.99. The lowest BCUT2D eigenvalue weighted by atomic mass is 10.1. The fourth-order valence-electron chi connectivity index (χ4n) is 2.11. The summed E-state index contributed by atoms with van der Waals surface area (Å²) in [5, 5.41) is 0.346. The van der Waals surface area contributed by atoms with Crippen LogP contribution in [0, 0.1) is 5.82 Å². The van der Waals surface area contributed by atoms with Crippen molar-refractivity contribution in [2.24, 2.45) is 0 Å². The maximum Gasteiger partial charge on any atom is 0.150 e. The van der Waals surface area contributed by atoms with Gasteiger partial charge in [-0.25, -0.2) is 14.4 Å². The molecule has 0 saturated heterocycles. The van der Waals surface area contributed by atoms with E-state index in [-0.39, 0.29) is 5.82 Å². The van der Waals surface area contributed by atoms with Crippen LogP contribution in [0.25, 0.3) is 11.3 Å². The van der Waals surface area contributed by atoms with Crippen molar-refractivity contribution in [2.45, 2.75) is 6.42 Å². The maximum atomic E-state index is 13.8. The van der Waals surface area contributed by atoms with Gasteiger partial charge in [0, 0.05) is 12.0 Å². The first-order chi connectivity index (χ1) is 10.2. The molecule has 1 heterocycles. The minimum Gasteiger partial charge on any atom is -0.248 e. The molecular weight excluding hydrogens is 287 g/mol. The second kappa shape index (κ2) is 6.02. The topological polar surface area (TPSA) is 25.8 Å². The van der Waals surface area contributed by atoms with Crippen LogP contribution < -0.4 is 0 Å². The van der Waals surface area contributed by atoms with E-state index in [9.17, 15) is 4.39 Å². The summed E-state index contributed by atoms with van der Waals surface area (Å²) in [5.41, 5.74) is 2.64. The Balaban J connectivity index is 1.99. The van der Waals surface area contributed by atoms with E-state index >= 15 is 0 Å². The Bertz CT molecular complexity index is 760. The molecule has 0 aliphatic carbocycles. The van der Waals surface area contributed by atoms with E-state index in [1.807, 2.05) is 30.3 Å². The largest absolute Gasteiger partial charge is 0.248 e. The van der Waals surface area contributed by atoms with Crippen LogP contribution >= 0.6 is 11.6 Å². The van der Waals surface area contributed by atoms with E-state index < -0.39 is 0 Å². The zero-order valence-corrected chi connectivity index (χ0v) is 11.9. The predicted molar refractivity (Wildman–Crippen MR) is 81.7 cm³/mol.